The third-order valence-corrected chi connectivity index (χ3v) is 4.88. The summed E-state index contributed by atoms with van der Waals surface area (Å²) in [5, 5.41) is 3.63. The van der Waals surface area contributed by atoms with Crippen LogP contribution in [0.15, 0.2) is 0 Å². The van der Waals surface area contributed by atoms with Crippen LogP contribution in [0.5, 0.6) is 0 Å². The van der Waals surface area contributed by atoms with Gasteiger partial charge in [0.1, 0.15) is 0 Å². The average Bonchev–Trinajstić information content (AvgIpc) is 2.38. The number of thioether (sulfide) groups is 1. The highest BCUT2D eigenvalue weighted by Crippen LogP contribution is 2.20. The van der Waals surface area contributed by atoms with E-state index in [9.17, 15) is 4.79 Å². The van der Waals surface area contributed by atoms with Crippen LogP contribution in [0.4, 0.5) is 4.79 Å². The van der Waals surface area contributed by atoms with Crippen molar-refractivity contribution in [3.63, 3.8) is 0 Å². The minimum atomic E-state index is 0.103. The normalized spacial score (nSPS) is 20.6. The number of hydrogen-bond acceptors (Lipinski definition) is 3. The first-order valence-electron chi connectivity index (χ1n) is 6.89. The zero-order chi connectivity index (χ0) is 13.5. The first-order chi connectivity index (χ1) is 8.54. The molecule has 0 bridgehead atoms. The lowest BCUT2D eigenvalue weighted by Gasteiger charge is -2.32. The van der Waals surface area contributed by atoms with Crippen molar-refractivity contribution in [2.24, 2.45) is 0 Å². The van der Waals surface area contributed by atoms with Gasteiger partial charge < -0.3 is 15.1 Å². The average molecular weight is 273 g/mol. The first kappa shape index (κ1) is 15.6. The molecule has 1 atom stereocenters. The zero-order valence-corrected chi connectivity index (χ0v) is 12.9. The molecule has 0 aromatic carbocycles. The molecule has 0 aliphatic carbocycles. The fourth-order valence-corrected chi connectivity index (χ4v) is 3.04. The van der Waals surface area contributed by atoms with Gasteiger partial charge in [0.25, 0.3) is 0 Å². The monoisotopic (exact) mass is 273 g/mol. The molecule has 4 nitrogen and oxygen atoms in total. The third-order valence-electron chi connectivity index (χ3n) is 3.50. The van der Waals surface area contributed by atoms with Gasteiger partial charge in [-0.2, -0.15) is 11.8 Å². The summed E-state index contributed by atoms with van der Waals surface area (Å²) in [6.45, 7) is 9.93. The van der Waals surface area contributed by atoms with Crippen LogP contribution in [-0.2, 0) is 0 Å². The summed E-state index contributed by atoms with van der Waals surface area (Å²) in [6.07, 6.45) is 1.14. The summed E-state index contributed by atoms with van der Waals surface area (Å²) in [7, 11) is 2.08. The summed E-state index contributed by atoms with van der Waals surface area (Å²) in [4.78, 5) is 16.2. The molecule has 1 N–H and O–H groups in total. The third kappa shape index (κ3) is 5.06. The Bertz CT molecular complexity index is 261. The standard InChI is InChI=1S/C13H27N3OS/c1-5-12-10-16(8-9-18-12)13(17)14-6-7-15(4)11(2)3/h11-12H,5-10H2,1-4H3,(H,14,17). The van der Waals surface area contributed by atoms with E-state index >= 15 is 0 Å². The Labute approximate surface area is 115 Å². The van der Waals surface area contributed by atoms with E-state index in [-0.39, 0.29) is 6.03 Å². The molecule has 1 heterocycles. The lowest BCUT2D eigenvalue weighted by molar-refractivity contribution is 0.196. The van der Waals surface area contributed by atoms with E-state index < -0.39 is 0 Å². The van der Waals surface area contributed by atoms with Crippen LogP contribution in [0.2, 0.25) is 0 Å². The first-order valence-corrected chi connectivity index (χ1v) is 7.94. The van der Waals surface area contributed by atoms with Gasteiger partial charge in [-0.05, 0) is 27.3 Å². The Balaban J connectivity index is 2.24. The van der Waals surface area contributed by atoms with Gasteiger partial charge in [0, 0.05) is 43.2 Å². The fraction of sp³-hybridized carbons (Fsp3) is 0.923. The molecule has 0 saturated carbocycles. The van der Waals surface area contributed by atoms with Crippen LogP contribution < -0.4 is 5.32 Å². The van der Waals surface area contributed by atoms with Crippen molar-refractivity contribution in [1.82, 2.24) is 15.1 Å². The van der Waals surface area contributed by atoms with Gasteiger partial charge in [0.2, 0.25) is 0 Å². The van der Waals surface area contributed by atoms with E-state index in [1.807, 2.05) is 16.7 Å². The summed E-state index contributed by atoms with van der Waals surface area (Å²) >= 11 is 1.99. The van der Waals surface area contributed by atoms with Gasteiger partial charge in [-0.3, -0.25) is 0 Å². The van der Waals surface area contributed by atoms with Crippen molar-refractivity contribution in [3.8, 4) is 0 Å². The lowest BCUT2D eigenvalue weighted by Crippen LogP contribution is -2.48. The van der Waals surface area contributed by atoms with Crippen LogP contribution in [-0.4, -0.2) is 66.1 Å². The highest BCUT2D eigenvalue weighted by atomic mass is 32.2. The van der Waals surface area contributed by atoms with Gasteiger partial charge in [-0.1, -0.05) is 6.92 Å². The van der Waals surface area contributed by atoms with Crippen molar-refractivity contribution in [2.75, 3.05) is 39.0 Å². The number of carbonyl (C=O) groups is 1. The molecular formula is C13H27N3OS. The second kappa shape index (κ2) is 7.89. The Morgan fingerprint density at radius 1 is 1.56 bits per heavy atom. The van der Waals surface area contributed by atoms with Crippen molar-refractivity contribution < 1.29 is 4.79 Å². The van der Waals surface area contributed by atoms with Crippen LogP contribution in [0.25, 0.3) is 0 Å². The van der Waals surface area contributed by atoms with E-state index in [0.29, 0.717) is 11.3 Å². The molecular weight excluding hydrogens is 246 g/mol. The van der Waals surface area contributed by atoms with Crippen molar-refractivity contribution in [2.45, 2.75) is 38.5 Å². The Kier molecular flexibility index (Phi) is 6.86. The minimum absolute atomic E-state index is 0.103. The number of urea groups is 1. The molecule has 106 valence electrons. The molecule has 0 aromatic rings. The van der Waals surface area contributed by atoms with E-state index in [4.69, 9.17) is 0 Å². The van der Waals surface area contributed by atoms with E-state index in [0.717, 1.165) is 38.4 Å². The number of carbonyl (C=O) groups excluding carboxylic acids is 1. The Morgan fingerprint density at radius 3 is 2.89 bits per heavy atom. The number of nitrogens with zero attached hydrogens (tertiary/aromatic N) is 2. The molecule has 5 heteroatoms. The summed E-state index contributed by atoms with van der Waals surface area (Å²) in [5.41, 5.74) is 0. The molecule has 18 heavy (non-hydrogen) atoms. The maximum atomic E-state index is 12.0. The summed E-state index contributed by atoms with van der Waals surface area (Å²) < 4.78 is 0. The second-order valence-corrected chi connectivity index (χ2v) is 6.56. The second-order valence-electron chi connectivity index (χ2n) is 5.15. The van der Waals surface area contributed by atoms with Gasteiger partial charge >= 0.3 is 6.03 Å². The predicted octanol–water partition coefficient (Wildman–Crippen LogP) is 1.86. The molecule has 0 spiro atoms. The zero-order valence-electron chi connectivity index (χ0n) is 12.1. The molecule has 1 fully saturated rings. The van der Waals surface area contributed by atoms with Gasteiger partial charge in [-0.15, -0.1) is 0 Å². The molecule has 1 saturated heterocycles. The van der Waals surface area contributed by atoms with Gasteiger partial charge in [-0.25, -0.2) is 4.79 Å². The maximum Gasteiger partial charge on any atom is 0.317 e. The minimum Gasteiger partial charge on any atom is -0.337 e. The highest BCUT2D eigenvalue weighted by molar-refractivity contribution is 8.00. The number of rotatable bonds is 5. The number of hydrogen-bond donors (Lipinski definition) is 1. The highest BCUT2D eigenvalue weighted by Gasteiger charge is 2.22. The van der Waals surface area contributed by atoms with Crippen LogP contribution >= 0.6 is 11.8 Å². The summed E-state index contributed by atoms with van der Waals surface area (Å²) in [5.74, 6) is 1.07. The van der Waals surface area contributed by atoms with E-state index in [2.05, 4.69) is 38.0 Å². The molecule has 2 amide bonds. The van der Waals surface area contributed by atoms with Gasteiger partial charge in [0.15, 0.2) is 0 Å². The van der Waals surface area contributed by atoms with Crippen molar-refractivity contribution in [1.29, 1.82) is 0 Å². The predicted molar refractivity (Wildman–Crippen MR) is 79.3 cm³/mol. The summed E-state index contributed by atoms with van der Waals surface area (Å²) in [6, 6.07) is 0.628. The molecule has 1 unspecified atom stereocenters. The van der Waals surface area contributed by atoms with E-state index in [1.54, 1.807) is 0 Å². The fourth-order valence-electron chi connectivity index (χ4n) is 1.86. The van der Waals surface area contributed by atoms with Crippen LogP contribution in [0.1, 0.15) is 27.2 Å². The molecule has 1 aliphatic heterocycles. The number of amides is 2. The van der Waals surface area contributed by atoms with Crippen LogP contribution in [0, 0.1) is 0 Å². The van der Waals surface area contributed by atoms with E-state index in [1.165, 1.54) is 0 Å². The smallest absolute Gasteiger partial charge is 0.317 e. The lowest BCUT2D eigenvalue weighted by atomic mass is 10.3. The molecule has 0 aromatic heterocycles. The molecule has 0 radical (unpaired) electrons. The number of likely N-dealkylation sites (N-methyl/N-ethyl adjacent to an activating group) is 1. The molecule has 1 aliphatic rings. The molecule has 1 rings (SSSR count). The van der Waals surface area contributed by atoms with Crippen LogP contribution in [0.3, 0.4) is 0 Å². The van der Waals surface area contributed by atoms with Crippen molar-refractivity contribution >= 4 is 17.8 Å². The topological polar surface area (TPSA) is 35.6 Å². The van der Waals surface area contributed by atoms with Gasteiger partial charge in [0.05, 0.1) is 0 Å². The largest absolute Gasteiger partial charge is 0.337 e. The Hall–Kier alpha value is -0.420. The number of nitrogens with one attached hydrogen (secondary N) is 1. The van der Waals surface area contributed by atoms with Crippen molar-refractivity contribution in [3.05, 3.63) is 0 Å². The Morgan fingerprint density at radius 2 is 2.28 bits per heavy atom. The maximum absolute atomic E-state index is 12.0. The quantitative estimate of drug-likeness (QED) is 0.830. The SMILES string of the molecule is CCC1CN(C(=O)NCCN(C)C(C)C)CCS1.